The molecule has 0 fully saturated rings. The van der Waals surface area contributed by atoms with E-state index in [1.165, 1.54) is 24.3 Å². The van der Waals surface area contributed by atoms with Crippen LogP contribution in [-0.4, -0.2) is 24.3 Å². The molecule has 5 nitrogen and oxygen atoms in total. The summed E-state index contributed by atoms with van der Waals surface area (Å²) in [5, 5.41) is 2.84. The van der Waals surface area contributed by atoms with E-state index >= 15 is 0 Å². The fourth-order valence-corrected chi connectivity index (χ4v) is 2.49. The Morgan fingerprint density at radius 2 is 1.70 bits per heavy atom. The topological polar surface area (TPSA) is 72.5 Å². The minimum absolute atomic E-state index is 0.0412. The van der Waals surface area contributed by atoms with E-state index in [1.807, 2.05) is 31.2 Å². The zero-order valence-corrected chi connectivity index (χ0v) is 15.2. The second-order valence-corrected chi connectivity index (χ2v) is 6.00. The molecule has 0 bridgehead atoms. The Kier molecular flexibility index (Phi) is 7.67. The minimum Gasteiger partial charge on any atom is -0.457 e. The highest BCUT2D eigenvalue weighted by Gasteiger charge is 2.11. The molecule has 0 aliphatic rings. The lowest BCUT2D eigenvalue weighted by Crippen LogP contribution is -2.16. The lowest BCUT2D eigenvalue weighted by Gasteiger charge is -2.09. The van der Waals surface area contributed by atoms with Crippen LogP contribution in [0.1, 0.15) is 42.1 Å². The molecule has 0 spiro atoms. The van der Waals surface area contributed by atoms with Crippen molar-refractivity contribution in [1.82, 2.24) is 0 Å². The Morgan fingerprint density at radius 1 is 1.00 bits per heavy atom. The van der Waals surface area contributed by atoms with Crippen molar-refractivity contribution < 1.29 is 23.5 Å². The van der Waals surface area contributed by atoms with Crippen LogP contribution < -0.4 is 5.32 Å². The second-order valence-electron chi connectivity index (χ2n) is 6.00. The van der Waals surface area contributed by atoms with Crippen molar-refractivity contribution in [3.63, 3.8) is 0 Å². The highest BCUT2D eigenvalue weighted by Crippen LogP contribution is 2.16. The Hall–Kier alpha value is -3.02. The number of carbonyl (C=O) groups is 3. The van der Waals surface area contributed by atoms with E-state index < -0.39 is 24.2 Å². The highest BCUT2D eigenvalue weighted by atomic mass is 19.1. The number of ketones is 1. The third-order valence-electron chi connectivity index (χ3n) is 3.99. The molecule has 0 saturated carbocycles. The lowest BCUT2D eigenvalue weighted by atomic mass is 10.1. The number of nitrogens with one attached hydrogen (secondary N) is 1. The molecule has 0 aliphatic carbocycles. The van der Waals surface area contributed by atoms with Gasteiger partial charge in [-0.3, -0.25) is 14.4 Å². The van der Waals surface area contributed by atoms with Gasteiger partial charge in [-0.15, -0.1) is 0 Å². The Morgan fingerprint density at radius 3 is 2.41 bits per heavy atom. The molecule has 2 aromatic carbocycles. The van der Waals surface area contributed by atoms with Crippen LogP contribution in [0.25, 0.3) is 0 Å². The van der Waals surface area contributed by atoms with Crippen LogP contribution in [0.4, 0.5) is 10.1 Å². The van der Waals surface area contributed by atoms with Crippen LogP contribution in [0, 0.1) is 5.82 Å². The molecule has 27 heavy (non-hydrogen) atoms. The highest BCUT2D eigenvalue weighted by molar-refractivity contribution is 5.98. The van der Waals surface area contributed by atoms with Crippen LogP contribution in [0.5, 0.6) is 0 Å². The van der Waals surface area contributed by atoms with Crippen LogP contribution in [0.3, 0.4) is 0 Å². The van der Waals surface area contributed by atoms with Crippen LogP contribution in [0.2, 0.25) is 0 Å². The predicted molar refractivity (Wildman–Crippen MR) is 100.0 cm³/mol. The van der Waals surface area contributed by atoms with Gasteiger partial charge in [0.15, 0.2) is 12.4 Å². The maximum absolute atomic E-state index is 12.8. The molecule has 0 aromatic heterocycles. The molecular weight excluding hydrogens is 349 g/mol. The number of carbonyl (C=O) groups excluding carboxylic acids is 3. The van der Waals surface area contributed by atoms with E-state index in [1.54, 1.807) is 0 Å². The molecule has 0 unspecified atom stereocenters. The summed E-state index contributed by atoms with van der Waals surface area (Å²) in [6.07, 6.45) is 1.35. The Balaban J connectivity index is 1.68. The molecule has 0 heterocycles. The molecule has 2 rings (SSSR count). The number of Topliss-reactive ketones (excluding diaryl/α,β-unsaturated/α-hetero) is 1. The van der Waals surface area contributed by atoms with Crippen molar-refractivity contribution in [1.29, 1.82) is 0 Å². The lowest BCUT2D eigenvalue weighted by molar-refractivity contribution is -0.142. The van der Waals surface area contributed by atoms with E-state index in [9.17, 15) is 18.8 Å². The van der Waals surface area contributed by atoms with Crippen molar-refractivity contribution in [2.75, 3.05) is 11.9 Å². The number of benzene rings is 2. The van der Waals surface area contributed by atoms with Gasteiger partial charge < -0.3 is 10.1 Å². The first-order valence-corrected chi connectivity index (χ1v) is 8.81. The third-order valence-corrected chi connectivity index (χ3v) is 3.99. The van der Waals surface area contributed by atoms with Crippen molar-refractivity contribution >= 4 is 23.3 Å². The number of rotatable bonds is 9. The standard InChI is InChI=1S/C21H22FNO4/c1-2-15-6-3-4-7-18(15)23-20(25)8-5-9-21(26)27-14-19(24)16-10-12-17(22)13-11-16/h3-4,6-7,10-13H,2,5,8-9,14H2,1H3,(H,23,25). The summed E-state index contributed by atoms with van der Waals surface area (Å²) in [5.41, 5.74) is 2.10. The number of halogens is 1. The van der Waals surface area contributed by atoms with E-state index in [4.69, 9.17) is 4.74 Å². The SMILES string of the molecule is CCc1ccccc1NC(=O)CCCC(=O)OCC(=O)c1ccc(F)cc1. The first-order chi connectivity index (χ1) is 13.0. The monoisotopic (exact) mass is 371 g/mol. The molecule has 1 N–H and O–H groups in total. The number of aryl methyl sites for hydroxylation is 1. The van der Waals surface area contributed by atoms with Gasteiger partial charge >= 0.3 is 5.97 Å². The zero-order chi connectivity index (χ0) is 19.6. The van der Waals surface area contributed by atoms with Gasteiger partial charge in [-0.25, -0.2) is 4.39 Å². The molecule has 1 amide bonds. The number of anilines is 1. The van der Waals surface area contributed by atoms with Crippen molar-refractivity contribution in [3.8, 4) is 0 Å². The average Bonchev–Trinajstić information content (AvgIpc) is 2.67. The maximum Gasteiger partial charge on any atom is 0.306 e. The second kappa shape index (κ2) is 10.2. The minimum atomic E-state index is -0.549. The van der Waals surface area contributed by atoms with Crippen molar-refractivity contribution in [2.24, 2.45) is 0 Å². The molecule has 2 aromatic rings. The summed E-state index contributed by atoms with van der Waals surface area (Å²) < 4.78 is 17.7. The maximum atomic E-state index is 12.8. The van der Waals surface area contributed by atoms with E-state index in [0.29, 0.717) is 6.42 Å². The predicted octanol–water partition coefficient (Wildman–Crippen LogP) is 3.92. The fourth-order valence-electron chi connectivity index (χ4n) is 2.49. The zero-order valence-electron chi connectivity index (χ0n) is 15.2. The van der Waals surface area contributed by atoms with Gasteiger partial charge in [-0.2, -0.15) is 0 Å². The van der Waals surface area contributed by atoms with Gasteiger partial charge in [-0.05, 0) is 48.7 Å². The van der Waals surface area contributed by atoms with Crippen LogP contribution in [-0.2, 0) is 20.7 Å². The van der Waals surface area contributed by atoms with Crippen molar-refractivity contribution in [2.45, 2.75) is 32.6 Å². The number of hydrogen-bond donors (Lipinski definition) is 1. The molecule has 6 heteroatoms. The smallest absolute Gasteiger partial charge is 0.306 e. The largest absolute Gasteiger partial charge is 0.457 e. The average molecular weight is 371 g/mol. The number of amides is 1. The fraction of sp³-hybridized carbons (Fsp3) is 0.286. The summed E-state index contributed by atoms with van der Waals surface area (Å²) >= 11 is 0. The first kappa shape index (κ1) is 20.3. The quantitative estimate of drug-likeness (QED) is 0.536. The number of ether oxygens (including phenoxy) is 1. The Bertz CT molecular complexity index is 802. The van der Waals surface area contributed by atoms with Gasteiger partial charge in [0.1, 0.15) is 5.82 Å². The van der Waals surface area contributed by atoms with E-state index in [2.05, 4.69) is 5.32 Å². The molecule has 0 saturated heterocycles. The number of esters is 1. The molecule has 0 radical (unpaired) electrons. The van der Waals surface area contributed by atoms with Gasteiger partial charge in [0, 0.05) is 24.1 Å². The molecule has 0 atom stereocenters. The van der Waals surface area contributed by atoms with Gasteiger partial charge in [0.05, 0.1) is 0 Å². The van der Waals surface area contributed by atoms with Gasteiger partial charge in [0.2, 0.25) is 5.91 Å². The van der Waals surface area contributed by atoms with Crippen molar-refractivity contribution in [3.05, 3.63) is 65.5 Å². The molecular formula is C21H22FNO4. The number of hydrogen-bond acceptors (Lipinski definition) is 4. The summed E-state index contributed by atoms with van der Waals surface area (Å²) in [6.45, 7) is 1.61. The van der Waals surface area contributed by atoms with Gasteiger partial charge in [0.25, 0.3) is 0 Å². The van der Waals surface area contributed by atoms with Gasteiger partial charge in [-0.1, -0.05) is 25.1 Å². The molecule has 0 aliphatic heterocycles. The van der Waals surface area contributed by atoms with Crippen LogP contribution >= 0.6 is 0 Å². The number of para-hydroxylation sites is 1. The normalized spacial score (nSPS) is 10.3. The van der Waals surface area contributed by atoms with E-state index in [0.717, 1.165) is 17.7 Å². The summed E-state index contributed by atoms with van der Waals surface area (Å²) in [7, 11) is 0. The summed E-state index contributed by atoms with van der Waals surface area (Å²) in [6, 6.07) is 12.6. The van der Waals surface area contributed by atoms with Crippen LogP contribution in [0.15, 0.2) is 48.5 Å². The third kappa shape index (κ3) is 6.66. The molecule has 142 valence electrons. The first-order valence-electron chi connectivity index (χ1n) is 8.81. The van der Waals surface area contributed by atoms with E-state index in [-0.39, 0.29) is 24.3 Å². The summed E-state index contributed by atoms with van der Waals surface area (Å²) in [4.78, 5) is 35.5. The Labute approximate surface area is 157 Å². The summed E-state index contributed by atoms with van der Waals surface area (Å²) in [5.74, 6) is -1.57.